The highest BCUT2D eigenvalue weighted by molar-refractivity contribution is 6.03. The summed E-state index contributed by atoms with van der Waals surface area (Å²) in [7, 11) is 0. The van der Waals surface area contributed by atoms with E-state index in [9.17, 15) is 4.79 Å². The molecule has 0 aliphatic carbocycles. The zero-order chi connectivity index (χ0) is 19.3. The number of nitrogens with one attached hydrogen (secondary N) is 2. The standard InChI is InChI=1S/C22H21N5O/c1-2-11-27-15-18(14-25-27)20-8-9-23-13-17(20)4-6-22(28)26-19-5-3-16-7-10-24-21(16)12-19/h3-10,12-15,24H,2,11H2,1H3,(H,26,28)/b6-4+. The molecule has 1 amide bonds. The lowest BCUT2D eigenvalue weighted by Crippen LogP contribution is -2.07. The summed E-state index contributed by atoms with van der Waals surface area (Å²) in [4.78, 5) is 19.7. The van der Waals surface area contributed by atoms with Crippen molar-refractivity contribution in [2.75, 3.05) is 5.32 Å². The van der Waals surface area contributed by atoms with E-state index in [1.54, 1.807) is 18.5 Å². The molecule has 0 fully saturated rings. The first-order valence-corrected chi connectivity index (χ1v) is 9.26. The van der Waals surface area contributed by atoms with Crippen molar-refractivity contribution in [1.82, 2.24) is 19.7 Å². The Balaban J connectivity index is 1.51. The van der Waals surface area contributed by atoms with Gasteiger partial charge in [0.05, 0.1) is 6.20 Å². The molecule has 0 atom stereocenters. The number of H-pyrrole nitrogens is 1. The minimum absolute atomic E-state index is 0.192. The van der Waals surface area contributed by atoms with Gasteiger partial charge in [-0.15, -0.1) is 0 Å². The molecular formula is C22H21N5O. The van der Waals surface area contributed by atoms with Crippen molar-refractivity contribution in [3.05, 3.63) is 73.0 Å². The van der Waals surface area contributed by atoms with Gasteiger partial charge in [-0.1, -0.05) is 13.0 Å². The van der Waals surface area contributed by atoms with Crippen LogP contribution in [0.1, 0.15) is 18.9 Å². The number of nitrogens with zero attached hydrogens (tertiary/aromatic N) is 3. The summed E-state index contributed by atoms with van der Waals surface area (Å²) < 4.78 is 1.92. The molecule has 2 N–H and O–H groups in total. The second-order valence-corrected chi connectivity index (χ2v) is 6.56. The molecule has 4 aromatic rings. The Hall–Kier alpha value is -3.67. The summed E-state index contributed by atoms with van der Waals surface area (Å²) in [6.07, 6.45) is 13.6. The fourth-order valence-corrected chi connectivity index (χ4v) is 3.13. The van der Waals surface area contributed by atoms with Crippen LogP contribution in [0, 0.1) is 0 Å². The summed E-state index contributed by atoms with van der Waals surface area (Å²) >= 11 is 0. The maximum Gasteiger partial charge on any atom is 0.248 e. The van der Waals surface area contributed by atoms with Gasteiger partial charge in [0.15, 0.2) is 0 Å². The molecule has 0 bridgehead atoms. The summed E-state index contributed by atoms with van der Waals surface area (Å²) in [5, 5.41) is 8.38. The van der Waals surface area contributed by atoms with E-state index in [1.165, 1.54) is 6.08 Å². The number of benzene rings is 1. The molecule has 0 saturated heterocycles. The molecule has 28 heavy (non-hydrogen) atoms. The number of aromatic amines is 1. The minimum Gasteiger partial charge on any atom is -0.361 e. The highest BCUT2D eigenvalue weighted by atomic mass is 16.1. The summed E-state index contributed by atoms with van der Waals surface area (Å²) in [5.41, 5.74) is 4.60. The first kappa shape index (κ1) is 17.7. The molecule has 140 valence electrons. The first-order chi connectivity index (χ1) is 13.7. The Bertz CT molecular complexity index is 1140. The number of carbonyl (C=O) groups is 1. The minimum atomic E-state index is -0.192. The number of rotatable bonds is 6. The lowest BCUT2D eigenvalue weighted by molar-refractivity contribution is -0.111. The Morgan fingerprint density at radius 3 is 3.07 bits per heavy atom. The van der Waals surface area contributed by atoms with Gasteiger partial charge in [-0.3, -0.25) is 14.5 Å². The SMILES string of the molecule is CCCn1cc(-c2ccncc2/C=C/C(=O)Nc2ccc3cc[nH]c3c2)cn1. The van der Waals surface area contributed by atoms with Gasteiger partial charge in [0, 0.05) is 59.7 Å². The molecule has 0 radical (unpaired) electrons. The normalized spacial score (nSPS) is 11.3. The van der Waals surface area contributed by atoms with Crippen molar-refractivity contribution in [3.8, 4) is 11.1 Å². The molecule has 6 heteroatoms. The van der Waals surface area contributed by atoms with Gasteiger partial charge in [-0.25, -0.2) is 0 Å². The Morgan fingerprint density at radius 2 is 2.18 bits per heavy atom. The van der Waals surface area contributed by atoms with E-state index in [1.807, 2.05) is 53.6 Å². The lowest BCUT2D eigenvalue weighted by atomic mass is 10.0. The van der Waals surface area contributed by atoms with E-state index < -0.39 is 0 Å². The topological polar surface area (TPSA) is 75.6 Å². The number of anilines is 1. The van der Waals surface area contributed by atoms with Gasteiger partial charge in [0.25, 0.3) is 0 Å². The van der Waals surface area contributed by atoms with Crippen molar-refractivity contribution in [2.45, 2.75) is 19.9 Å². The number of fused-ring (bicyclic) bond motifs is 1. The third-order valence-corrected chi connectivity index (χ3v) is 4.49. The highest BCUT2D eigenvalue weighted by Gasteiger charge is 2.07. The molecule has 6 nitrogen and oxygen atoms in total. The van der Waals surface area contributed by atoms with Crippen LogP contribution in [0.5, 0.6) is 0 Å². The molecule has 3 heterocycles. The Kier molecular flexibility index (Phi) is 5.01. The van der Waals surface area contributed by atoms with Crippen LogP contribution in [0.15, 0.2) is 67.4 Å². The molecule has 0 saturated carbocycles. The number of hydrogen-bond donors (Lipinski definition) is 2. The predicted molar refractivity (Wildman–Crippen MR) is 112 cm³/mol. The number of aryl methyl sites for hydroxylation is 1. The Labute approximate surface area is 162 Å². The summed E-state index contributed by atoms with van der Waals surface area (Å²) in [5.74, 6) is -0.192. The largest absolute Gasteiger partial charge is 0.361 e. The molecule has 4 rings (SSSR count). The third kappa shape index (κ3) is 3.86. The monoisotopic (exact) mass is 371 g/mol. The average Bonchev–Trinajstić information content (AvgIpc) is 3.36. The number of amides is 1. The third-order valence-electron chi connectivity index (χ3n) is 4.49. The van der Waals surface area contributed by atoms with E-state index >= 15 is 0 Å². The van der Waals surface area contributed by atoms with Crippen LogP contribution in [0.2, 0.25) is 0 Å². The number of hydrogen-bond acceptors (Lipinski definition) is 3. The van der Waals surface area contributed by atoms with Crippen molar-refractivity contribution < 1.29 is 4.79 Å². The number of aromatic nitrogens is 4. The first-order valence-electron chi connectivity index (χ1n) is 9.26. The molecule has 0 spiro atoms. The second kappa shape index (κ2) is 7.92. The van der Waals surface area contributed by atoms with Crippen LogP contribution in [-0.4, -0.2) is 25.7 Å². The van der Waals surface area contributed by atoms with E-state index in [-0.39, 0.29) is 5.91 Å². The van der Waals surface area contributed by atoms with Crippen LogP contribution in [0.4, 0.5) is 5.69 Å². The van der Waals surface area contributed by atoms with E-state index in [0.717, 1.165) is 46.2 Å². The van der Waals surface area contributed by atoms with Gasteiger partial charge < -0.3 is 10.3 Å². The van der Waals surface area contributed by atoms with Crippen LogP contribution in [0.3, 0.4) is 0 Å². The molecular weight excluding hydrogens is 350 g/mol. The molecule has 3 aromatic heterocycles. The molecule has 0 unspecified atom stereocenters. The quantitative estimate of drug-likeness (QED) is 0.490. The fourth-order valence-electron chi connectivity index (χ4n) is 3.13. The van der Waals surface area contributed by atoms with Crippen LogP contribution < -0.4 is 5.32 Å². The zero-order valence-corrected chi connectivity index (χ0v) is 15.6. The van der Waals surface area contributed by atoms with Gasteiger partial charge in [0.1, 0.15) is 0 Å². The molecule has 1 aromatic carbocycles. The number of carbonyl (C=O) groups excluding carboxylic acids is 1. The van der Waals surface area contributed by atoms with Crippen molar-refractivity contribution in [3.63, 3.8) is 0 Å². The van der Waals surface area contributed by atoms with Gasteiger partial charge >= 0.3 is 0 Å². The molecule has 0 aliphatic heterocycles. The summed E-state index contributed by atoms with van der Waals surface area (Å²) in [6.45, 7) is 3.00. The highest BCUT2D eigenvalue weighted by Crippen LogP contribution is 2.24. The van der Waals surface area contributed by atoms with Crippen molar-refractivity contribution in [1.29, 1.82) is 0 Å². The lowest BCUT2D eigenvalue weighted by Gasteiger charge is -2.04. The smallest absolute Gasteiger partial charge is 0.248 e. The van der Waals surface area contributed by atoms with Crippen molar-refractivity contribution >= 4 is 28.6 Å². The van der Waals surface area contributed by atoms with Crippen LogP contribution in [0.25, 0.3) is 28.1 Å². The maximum absolute atomic E-state index is 12.4. The molecule has 0 aliphatic rings. The zero-order valence-electron chi connectivity index (χ0n) is 15.6. The second-order valence-electron chi connectivity index (χ2n) is 6.56. The van der Waals surface area contributed by atoms with Gasteiger partial charge in [0.2, 0.25) is 5.91 Å². The maximum atomic E-state index is 12.4. The summed E-state index contributed by atoms with van der Waals surface area (Å²) in [6, 6.07) is 9.70. The van der Waals surface area contributed by atoms with Gasteiger partial charge in [-0.2, -0.15) is 5.10 Å². The average molecular weight is 371 g/mol. The Morgan fingerprint density at radius 1 is 1.25 bits per heavy atom. The van der Waals surface area contributed by atoms with E-state index in [0.29, 0.717) is 0 Å². The fraction of sp³-hybridized carbons (Fsp3) is 0.136. The van der Waals surface area contributed by atoms with E-state index in [4.69, 9.17) is 0 Å². The van der Waals surface area contributed by atoms with Crippen molar-refractivity contribution in [2.24, 2.45) is 0 Å². The van der Waals surface area contributed by atoms with E-state index in [2.05, 4.69) is 27.3 Å². The van der Waals surface area contributed by atoms with Crippen LogP contribution >= 0.6 is 0 Å². The predicted octanol–water partition coefficient (Wildman–Crippen LogP) is 4.49. The van der Waals surface area contributed by atoms with Crippen LogP contribution in [-0.2, 0) is 11.3 Å². The number of pyridine rings is 1. The van der Waals surface area contributed by atoms with Gasteiger partial charge in [-0.05, 0) is 47.7 Å².